The van der Waals surface area contributed by atoms with Gasteiger partial charge in [-0.15, -0.1) is 0 Å². The minimum Gasteiger partial charge on any atom is -0.265 e. The topological polar surface area (TPSA) is 49.6 Å². The first-order chi connectivity index (χ1) is 5.36. The van der Waals surface area contributed by atoms with Crippen molar-refractivity contribution >= 4 is 16.9 Å². The van der Waals surface area contributed by atoms with Crippen LogP contribution in [0, 0.1) is 0 Å². The lowest BCUT2D eigenvalue weighted by Gasteiger charge is -1.94. The maximum atomic E-state index is 7.15. The van der Waals surface area contributed by atoms with Crippen LogP contribution >= 0.6 is 0 Å². The predicted molar refractivity (Wildman–Crippen MR) is 42.3 cm³/mol. The van der Waals surface area contributed by atoms with Crippen LogP contribution in [0.5, 0.6) is 0 Å². The monoisotopic (exact) mass is 144 g/mol. The molecule has 53 valence electrons. The zero-order valence-electron chi connectivity index (χ0n) is 5.78. The van der Waals surface area contributed by atoms with Crippen LogP contribution in [0.4, 0.5) is 5.95 Å². The molecular formula is C8H6N3. The normalized spacial score (nSPS) is 10.2. The van der Waals surface area contributed by atoms with Gasteiger partial charge >= 0.3 is 0 Å². The molecule has 0 aliphatic carbocycles. The van der Waals surface area contributed by atoms with Gasteiger partial charge in [-0.1, -0.05) is 18.2 Å². The van der Waals surface area contributed by atoms with E-state index >= 15 is 0 Å². The third-order valence-corrected chi connectivity index (χ3v) is 1.49. The number of fused-ring (bicyclic) bond motifs is 1. The number of benzene rings is 1. The van der Waals surface area contributed by atoms with Gasteiger partial charge in [-0.05, 0) is 6.07 Å². The highest BCUT2D eigenvalue weighted by atomic mass is 15.0. The Hall–Kier alpha value is -1.64. The first-order valence-electron chi connectivity index (χ1n) is 3.30. The summed E-state index contributed by atoms with van der Waals surface area (Å²) in [6, 6.07) is 7.62. The summed E-state index contributed by atoms with van der Waals surface area (Å²) in [5, 5.41) is 0.975. The van der Waals surface area contributed by atoms with E-state index in [1.54, 1.807) is 6.20 Å². The first-order valence-corrected chi connectivity index (χ1v) is 3.30. The molecular weight excluding hydrogens is 138 g/mol. The number of nitrogens with zero attached hydrogens (tertiary/aromatic N) is 2. The molecule has 1 radical (unpaired) electrons. The Morgan fingerprint density at radius 2 is 2.00 bits per heavy atom. The number of para-hydroxylation sites is 1. The highest BCUT2D eigenvalue weighted by molar-refractivity contribution is 5.77. The van der Waals surface area contributed by atoms with Crippen LogP contribution in [0.25, 0.3) is 10.9 Å². The number of nitrogens with one attached hydrogen (secondary N) is 1. The molecule has 1 aromatic carbocycles. The van der Waals surface area contributed by atoms with Crippen molar-refractivity contribution in [3.05, 3.63) is 30.5 Å². The standard InChI is InChI=1S/C8H6N3/c9-8-10-5-6-3-1-2-4-7(6)11-8/h1-5,9H. The molecule has 0 bridgehead atoms. The number of hydrogen-bond acceptors (Lipinski definition) is 2. The van der Waals surface area contributed by atoms with Gasteiger partial charge in [-0.2, -0.15) is 0 Å². The zero-order chi connectivity index (χ0) is 7.68. The maximum Gasteiger partial charge on any atom is 0.242 e. The summed E-state index contributed by atoms with van der Waals surface area (Å²) < 4.78 is 0. The Labute approximate surface area is 63.9 Å². The van der Waals surface area contributed by atoms with Crippen molar-refractivity contribution in [2.75, 3.05) is 0 Å². The minimum atomic E-state index is 0.0729. The molecule has 2 aromatic rings. The zero-order valence-corrected chi connectivity index (χ0v) is 5.78. The largest absolute Gasteiger partial charge is 0.265 e. The van der Waals surface area contributed by atoms with Gasteiger partial charge < -0.3 is 0 Å². The van der Waals surface area contributed by atoms with Gasteiger partial charge in [0, 0.05) is 11.6 Å². The fourth-order valence-corrected chi connectivity index (χ4v) is 0.972. The van der Waals surface area contributed by atoms with E-state index in [-0.39, 0.29) is 5.95 Å². The van der Waals surface area contributed by atoms with E-state index in [0.29, 0.717) is 0 Å². The van der Waals surface area contributed by atoms with E-state index in [4.69, 9.17) is 5.73 Å². The second kappa shape index (κ2) is 2.20. The highest BCUT2D eigenvalue weighted by Gasteiger charge is 1.93. The average Bonchev–Trinajstić information content (AvgIpc) is 2.04. The van der Waals surface area contributed by atoms with Crippen LogP contribution in [0.1, 0.15) is 0 Å². The van der Waals surface area contributed by atoms with E-state index in [1.165, 1.54) is 0 Å². The maximum absolute atomic E-state index is 7.15. The Balaban J connectivity index is 2.83. The van der Waals surface area contributed by atoms with Gasteiger partial charge in [0.1, 0.15) is 0 Å². The van der Waals surface area contributed by atoms with Crippen molar-refractivity contribution in [1.29, 1.82) is 0 Å². The van der Waals surface area contributed by atoms with E-state index < -0.39 is 0 Å². The van der Waals surface area contributed by atoms with Crippen LogP contribution in [-0.4, -0.2) is 9.97 Å². The average molecular weight is 144 g/mol. The fourth-order valence-electron chi connectivity index (χ4n) is 0.972. The summed E-state index contributed by atoms with van der Waals surface area (Å²) in [5.41, 5.74) is 7.98. The molecule has 11 heavy (non-hydrogen) atoms. The lowest BCUT2D eigenvalue weighted by Crippen LogP contribution is -1.84. The molecule has 0 saturated carbocycles. The van der Waals surface area contributed by atoms with E-state index in [0.717, 1.165) is 10.9 Å². The van der Waals surface area contributed by atoms with Crippen LogP contribution in [0.2, 0.25) is 0 Å². The summed E-state index contributed by atoms with van der Waals surface area (Å²) in [4.78, 5) is 7.69. The molecule has 0 aliphatic heterocycles. The van der Waals surface area contributed by atoms with E-state index in [9.17, 15) is 0 Å². The van der Waals surface area contributed by atoms with Crippen molar-refractivity contribution in [3.63, 3.8) is 0 Å². The Kier molecular flexibility index (Phi) is 1.22. The van der Waals surface area contributed by atoms with E-state index in [2.05, 4.69) is 9.97 Å². The second-order valence-electron chi connectivity index (χ2n) is 2.25. The van der Waals surface area contributed by atoms with Crippen molar-refractivity contribution < 1.29 is 0 Å². The van der Waals surface area contributed by atoms with Gasteiger partial charge in [-0.25, -0.2) is 9.97 Å². The number of hydrogen-bond donors (Lipinski definition) is 0. The molecule has 0 atom stereocenters. The molecule has 2 rings (SSSR count). The van der Waals surface area contributed by atoms with Crippen molar-refractivity contribution in [2.24, 2.45) is 0 Å². The fraction of sp³-hybridized carbons (Fsp3) is 0. The quantitative estimate of drug-likeness (QED) is 0.563. The van der Waals surface area contributed by atoms with E-state index in [1.807, 2.05) is 24.3 Å². The molecule has 0 aliphatic rings. The third-order valence-electron chi connectivity index (χ3n) is 1.49. The van der Waals surface area contributed by atoms with Gasteiger partial charge in [-0.3, -0.25) is 5.73 Å². The molecule has 0 saturated heterocycles. The Bertz CT molecular complexity index is 384. The van der Waals surface area contributed by atoms with Gasteiger partial charge in [0.15, 0.2) is 0 Å². The summed E-state index contributed by atoms with van der Waals surface area (Å²) in [6.45, 7) is 0. The molecule has 1 heterocycles. The molecule has 0 spiro atoms. The van der Waals surface area contributed by atoms with Gasteiger partial charge in [0.25, 0.3) is 0 Å². The molecule has 0 fully saturated rings. The molecule has 1 N–H and O–H groups in total. The molecule has 3 heteroatoms. The predicted octanol–water partition coefficient (Wildman–Crippen LogP) is 1.54. The SMILES string of the molecule is [NH]c1ncc2ccccc2n1. The summed E-state index contributed by atoms with van der Waals surface area (Å²) in [6.07, 6.45) is 1.66. The third kappa shape index (κ3) is 1.00. The summed E-state index contributed by atoms with van der Waals surface area (Å²) in [5.74, 6) is 0.0729. The first kappa shape index (κ1) is 6.09. The highest BCUT2D eigenvalue weighted by Crippen LogP contribution is 2.09. The van der Waals surface area contributed by atoms with Crippen LogP contribution < -0.4 is 5.73 Å². The van der Waals surface area contributed by atoms with Gasteiger partial charge in [0.05, 0.1) is 5.52 Å². The Morgan fingerprint density at radius 1 is 1.18 bits per heavy atom. The summed E-state index contributed by atoms with van der Waals surface area (Å²) in [7, 11) is 0. The Morgan fingerprint density at radius 3 is 2.91 bits per heavy atom. The lowest BCUT2D eigenvalue weighted by molar-refractivity contribution is 1.16. The van der Waals surface area contributed by atoms with Crippen molar-refractivity contribution in [2.45, 2.75) is 0 Å². The van der Waals surface area contributed by atoms with Crippen LogP contribution in [-0.2, 0) is 0 Å². The second-order valence-corrected chi connectivity index (χ2v) is 2.25. The lowest BCUT2D eigenvalue weighted by atomic mass is 10.2. The molecule has 0 unspecified atom stereocenters. The minimum absolute atomic E-state index is 0.0729. The molecule has 0 amide bonds. The van der Waals surface area contributed by atoms with Crippen molar-refractivity contribution in [3.8, 4) is 0 Å². The molecule has 3 nitrogen and oxygen atoms in total. The summed E-state index contributed by atoms with van der Waals surface area (Å²) >= 11 is 0. The van der Waals surface area contributed by atoms with Gasteiger partial charge in [0.2, 0.25) is 5.95 Å². The number of aromatic nitrogens is 2. The van der Waals surface area contributed by atoms with Crippen molar-refractivity contribution in [1.82, 2.24) is 15.7 Å². The van der Waals surface area contributed by atoms with Crippen LogP contribution in [0.15, 0.2) is 30.5 Å². The smallest absolute Gasteiger partial charge is 0.242 e. The van der Waals surface area contributed by atoms with Crippen LogP contribution in [0.3, 0.4) is 0 Å². The number of rotatable bonds is 0. The molecule has 1 aromatic heterocycles.